The Morgan fingerprint density at radius 3 is 2.62 bits per heavy atom. The van der Waals surface area contributed by atoms with E-state index in [0.29, 0.717) is 24.7 Å². The van der Waals surface area contributed by atoms with Gasteiger partial charge in [-0.3, -0.25) is 14.9 Å². The summed E-state index contributed by atoms with van der Waals surface area (Å²) in [6, 6.07) is 10.2. The van der Waals surface area contributed by atoms with E-state index in [9.17, 15) is 14.9 Å². The maximum Gasteiger partial charge on any atom is 0.311 e. The molecule has 0 spiro atoms. The number of nitrogens with zero attached hydrogens (tertiary/aromatic N) is 4. The molecule has 7 nitrogen and oxygen atoms in total. The topological polar surface area (TPSA) is 79.6 Å². The fourth-order valence-corrected chi connectivity index (χ4v) is 2.77. The Hall–Kier alpha value is -2.67. The number of benzene rings is 1. The van der Waals surface area contributed by atoms with Crippen LogP contribution >= 0.6 is 11.6 Å². The predicted octanol–water partition coefficient (Wildman–Crippen LogP) is 2.49. The van der Waals surface area contributed by atoms with Crippen LogP contribution in [-0.4, -0.2) is 40.3 Å². The van der Waals surface area contributed by atoms with E-state index in [1.807, 2.05) is 12.1 Å². The molecule has 0 atom stereocenters. The molecule has 2 aromatic rings. The number of halogens is 1. The van der Waals surface area contributed by atoms with Gasteiger partial charge in [0.1, 0.15) is 0 Å². The second-order valence-electron chi connectivity index (χ2n) is 5.47. The van der Waals surface area contributed by atoms with Gasteiger partial charge in [-0.05, 0) is 23.8 Å². The molecule has 1 fully saturated rings. The molecule has 8 heteroatoms. The van der Waals surface area contributed by atoms with E-state index in [2.05, 4.69) is 4.98 Å². The summed E-state index contributed by atoms with van der Waals surface area (Å²) in [6.45, 7) is 1.55. The highest BCUT2D eigenvalue weighted by atomic mass is 35.5. The largest absolute Gasteiger partial charge is 0.340 e. The van der Waals surface area contributed by atoms with E-state index >= 15 is 0 Å². The third kappa shape index (κ3) is 3.46. The van der Waals surface area contributed by atoms with Crippen LogP contribution in [-0.2, 0) is 11.3 Å². The van der Waals surface area contributed by atoms with Crippen molar-refractivity contribution in [2.24, 2.45) is 0 Å². The zero-order valence-electron chi connectivity index (χ0n) is 12.8. The SMILES string of the molecule is O=C1CN(c2ncccc2[N+](=O)[O-])CCN1Cc1ccc(Cl)cc1. The molecule has 24 heavy (non-hydrogen) atoms. The molecule has 124 valence electrons. The van der Waals surface area contributed by atoms with Gasteiger partial charge in [-0.25, -0.2) is 4.98 Å². The Balaban J connectivity index is 1.70. The fourth-order valence-electron chi connectivity index (χ4n) is 2.64. The van der Waals surface area contributed by atoms with Gasteiger partial charge in [0.2, 0.25) is 11.7 Å². The third-order valence-corrected chi connectivity index (χ3v) is 4.12. The molecule has 1 aromatic carbocycles. The van der Waals surface area contributed by atoms with E-state index < -0.39 is 4.92 Å². The molecule has 1 aliphatic rings. The molecule has 3 rings (SSSR count). The second kappa shape index (κ2) is 6.84. The number of carbonyl (C=O) groups excluding carboxylic acids is 1. The van der Waals surface area contributed by atoms with E-state index in [4.69, 9.17) is 11.6 Å². The molecule has 1 aliphatic heterocycles. The van der Waals surface area contributed by atoms with Crippen molar-refractivity contribution in [1.82, 2.24) is 9.88 Å². The van der Waals surface area contributed by atoms with Crippen molar-refractivity contribution < 1.29 is 9.72 Å². The molecule has 0 radical (unpaired) electrons. The van der Waals surface area contributed by atoms with Crippen LogP contribution in [0.1, 0.15) is 5.56 Å². The van der Waals surface area contributed by atoms with Crippen molar-refractivity contribution in [3.05, 3.63) is 63.3 Å². The van der Waals surface area contributed by atoms with Gasteiger partial charge in [0.15, 0.2) is 0 Å². The maximum absolute atomic E-state index is 12.4. The van der Waals surface area contributed by atoms with Crippen molar-refractivity contribution >= 4 is 29.0 Å². The number of rotatable bonds is 4. The smallest absolute Gasteiger partial charge is 0.311 e. The third-order valence-electron chi connectivity index (χ3n) is 3.87. The molecule has 2 heterocycles. The van der Waals surface area contributed by atoms with E-state index in [1.165, 1.54) is 18.3 Å². The maximum atomic E-state index is 12.4. The highest BCUT2D eigenvalue weighted by Crippen LogP contribution is 2.26. The first-order valence-electron chi connectivity index (χ1n) is 7.41. The minimum atomic E-state index is -0.479. The Morgan fingerprint density at radius 2 is 1.96 bits per heavy atom. The molecule has 0 unspecified atom stereocenters. The van der Waals surface area contributed by atoms with Crippen LogP contribution in [0, 0.1) is 10.1 Å². The fraction of sp³-hybridized carbons (Fsp3) is 0.250. The van der Waals surface area contributed by atoms with Crippen LogP contribution in [0.5, 0.6) is 0 Å². The van der Waals surface area contributed by atoms with E-state index in [-0.39, 0.29) is 24.0 Å². The minimum absolute atomic E-state index is 0.0748. The van der Waals surface area contributed by atoms with E-state index in [0.717, 1.165) is 5.56 Å². The summed E-state index contributed by atoms with van der Waals surface area (Å²) in [5, 5.41) is 11.8. The van der Waals surface area contributed by atoms with Crippen molar-refractivity contribution in [1.29, 1.82) is 0 Å². The first-order valence-corrected chi connectivity index (χ1v) is 7.79. The van der Waals surface area contributed by atoms with Crippen molar-refractivity contribution in [3.63, 3.8) is 0 Å². The van der Waals surface area contributed by atoms with Crippen LogP contribution in [0.3, 0.4) is 0 Å². The zero-order chi connectivity index (χ0) is 17.1. The number of pyridine rings is 1. The number of nitro groups is 1. The first-order chi connectivity index (χ1) is 11.5. The highest BCUT2D eigenvalue weighted by molar-refractivity contribution is 6.30. The summed E-state index contributed by atoms with van der Waals surface area (Å²) in [6.07, 6.45) is 1.49. The van der Waals surface area contributed by atoms with Crippen molar-refractivity contribution in [2.75, 3.05) is 24.5 Å². The quantitative estimate of drug-likeness (QED) is 0.627. The van der Waals surface area contributed by atoms with Gasteiger partial charge in [0.05, 0.1) is 11.5 Å². The monoisotopic (exact) mass is 346 g/mol. The lowest BCUT2D eigenvalue weighted by atomic mass is 10.2. The standard InChI is InChI=1S/C16H15ClN4O3/c17-13-5-3-12(4-6-13)10-19-8-9-20(11-15(19)22)16-14(21(23)24)2-1-7-18-16/h1-7H,8-11H2. The molecule has 0 saturated carbocycles. The second-order valence-corrected chi connectivity index (χ2v) is 5.90. The lowest BCUT2D eigenvalue weighted by Gasteiger charge is -2.34. The molecule has 1 saturated heterocycles. The van der Waals surface area contributed by atoms with Crippen LogP contribution in [0.2, 0.25) is 5.02 Å². The van der Waals surface area contributed by atoms with Gasteiger partial charge in [-0.2, -0.15) is 0 Å². The minimum Gasteiger partial charge on any atom is -0.340 e. The summed E-state index contributed by atoms with van der Waals surface area (Å²) in [4.78, 5) is 30.5. The first kappa shape index (κ1) is 16.2. The molecule has 1 amide bonds. The van der Waals surface area contributed by atoms with Crippen LogP contribution < -0.4 is 4.90 Å². The molecule has 0 aliphatic carbocycles. The van der Waals surface area contributed by atoms with Crippen molar-refractivity contribution in [3.8, 4) is 0 Å². The Labute approximate surface area is 143 Å². The normalized spacial score (nSPS) is 14.8. The summed E-state index contributed by atoms with van der Waals surface area (Å²) in [5.74, 6) is 0.151. The number of amides is 1. The highest BCUT2D eigenvalue weighted by Gasteiger charge is 2.29. The Bertz CT molecular complexity index is 766. The van der Waals surface area contributed by atoms with Crippen molar-refractivity contribution in [2.45, 2.75) is 6.54 Å². The number of anilines is 1. The number of piperazine rings is 1. The number of carbonyl (C=O) groups is 1. The summed E-state index contributed by atoms with van der Waals surface area (Å²) in [5.41, 5.74) is 0.904. The van der Waals surface area contributed by atoms with Gasteiger partial charge >= 0.3 is 5.69 Å². The molecular formula is C16H15ClN4O3. The summed E-state index contributed by atoms with van der Waals surface area (Å²) < 4.78 is 0. The Kier molecular flexibility index (Phi) is 4.61. The van der Waals surface area contributed by atoms with Gasteiger partial charge in [0, 0.05) is 36.9 Å². The predicted molar refractivity (Wildman–Crippen MR) is 90.0 cm³/mol. The van der Waals surface area contributed by atoms with Gasteiger partial charge in [-0.15, -0.1) is 0 Å². The Morgan fingerprint density at radius 1 is 1.21 bits per heavy atom. The molecular weight excluding hydrogens is 332 g/mol. The molecule has 1 aromatic heterocycles. The van der Waals surface area contributed by atoms with Crippen LogP contribution in [0.4, 0.5) is 11.5 Å². The van der Waals surface area contributed by atoms with Gasteiger partial charge in [-0.1, -0.05) is 23.7 Å². The number of hydrogen-bond donors (Lipinski definition) is 0. The number of hydrogen-bond acceptors (Lipinski definition) is 5. The van der Waals surface area contributed by atoms with Gasteiger partial charge in [0.25, 0.3) is 0 Å². The summed E-state index contributed by atoms with van der Waals surface area (Å²) >= 11 is 5.86. The average molecular weight is 347 g/mol. The summed E-state index contributed by atoms with van der Waals surface area (Å²) in [7, 11) is 0. The lowest BCUT2D eigenvalue weighted by molar-refractivity contribution is -0.384. The average Bonchev–Trinajstić information content (AvgIpc) is 2.58. The van der Waals surface area contributed by atoms with Crippen LogP contribution in [0.15, 0.2) is 42.6 Å². The van der Waals surface area contributed by atoms with Gasteiger partial charge < -0.3 is 9.80 Å². The zero-order valence-corrected chi connectivity index (χ0v) is 13.5. The van der Waals surface area contributed by atoms with Crippen LogP contribution in [0.25, 0.3) is 0 Å². The molecule has 0 N–H and O–H groups in total. The van der Waals surface area contributed by atoms with E-state index in [1.54, 1.807) is 21.9 Å². The molecule has 0 bridgehead atoms. The number of aromatic nitrogens is 1. The lowest BCUT2D eigenvalue weighted by Crippen LogP contribution is -2.50.